The topological polar surface area (TPSA) is 144 Å². The Bertz CT molecular complexity index is 806. The second-order valence-corrected chi connectivity index (χ2v) is 8.79. The Labute approximate surface area is 195 Å². The highest BCUT2D eigenvalue weighted by molar-refractivity contribution is 6.10. The van der Waals surface area contributed by atoms with Gasteiger partial charge in [0.2, 0.25) is 11.8 Å². The summed E-state index contributed by atoms with van der Waals surface area (Å²) in [6.45, 7) is 4.74. The summed E-state index contributed by atoms with van der Waals surface area (Å²) in [6.07, 6.45) is 16.8. The summed E-state index contributed by atoms with van der Waals surface area (Å²) < 4.78 is 0. The summed E-state index contributed by atoms with van der Waals surface area (Å²) in [5.41, 5.74) is 8.51. The second-order valence-electron chi connectivity index (χ2n) is 8.79. The maximum Gasteiger partial charge on any atom is 0.235 e. The fraction of sp³-hybridized carbons (Fsp3) is 0.520. The fourth-order valence-electron chi connectivity index (χ4n) is 4.24. The average Bonchev–Trinajstić information content (AvgIpc) is 2.82. The van der Waals surface area contributed by atoms with E-state index in [0.717, 1.165) is 19.3 Å². The van der Waals surface area contributed by atoms with Crippen molar-refractivity contribution in [1.82, 2.24) is 10.6 Å². The van der Waals surface area contributed by atoms with Gasteiger partial charge in [-0.15, -0.1) is 0 Å². The molecule has 0 heterocycles. The van der Waals surface area contributed by atoms with Crippen LogP contribution in [0.15, 0.2) is 48.6 Å². The summed E-state index contributed by atoms with van der Waals surface area (Å²) in [7, 11) is 0. The minimum Gasteiger partial charge on any atom is -0.369 e. The van der Waals surface area contributed by atoms with Gasteiger partial charge in [0.25, 0.3) is 0 Å². The molecule has 4 atom stereocenters. The average molecular weight is 457 g/mol. The molecule has 33 heavy (non-hydrogen) atoms. The minimum atomic E-state index is -1.28. The number of hydrogen-bond donors (Lipinski definition) is 4. The van der Waals surface area contributed by atoms with Crippen LogP contribution >= 0.6 is 0 Å². The molecule has 0 aromatic rings. The van der Waals surface area contributed by atoms with Crippen molar-refractivity contribution in [3.63, 3.8) is 0 Å². The number of primary amides is 2. The monoisotopic (exact) mass is 456 g/mol. The van der Waals surface area contributed by atoms with Gasteiger partial charge in [0.05, 0.1) is 12.1 Å². The van der Waals surface area contributed by atoms with Crippen LogP contribution in [0.3, 0.4) is 0 Å². The minimum absolute atomic E-state index is 0.223. The maximum absolute atomic E-state index is 12.8. The molecule has 2 amide bonds. The number of nitrogens with one attached hydrogen (secondary N) is 2. The fourth-order valence-corrected chi connectivity index (χ4v) is 4.24. The number of amides is 2. The van der Waals surface area contributed by atoms with Gasteiger partial charge >= 0.3 is 0 Å². The van der Waals surface area contributed by atoms with Gasteiger partial charge in [-0.2, -0.15) is 0 Å². The molecule has 8 heteroatoms. The first kappa shape index (κ1) is 26.4. The summed E-state index contributed by atoms with van der Waals surface area (Å²) in [5, 5.41) is 6.36. The Morgan fingerprint density at radius 2 is 1.12 bits per heavy atom. The molecule has 0 aromatic heterocycles. The van der Waals surface area contributed by atoms with Crippen LogP contribution in [0.5, 0.6) is 0 Å². The molecule has 0 aromatic carbocycles. The van der Waals surface area contributed by atoms with Gasteiger partial charge in [-0.1, -0.05) is 55.0 Å². The van der Waals surface area contributed by atoms with Crippen LogP contribution < -0.4 is 22.1 Å². The van der Waals surface area contributed by atoms with E-state index in [2.05, 4.69) is 10.6 Å². The van der Waals surface area contributed by atoms with Crippen LogP contribution in [0.2, 0.25) is 0 Å². The maximum atomic E-state index is 12.8. The van der Waals surface area contributed by atoms with Gasteiger partial charge in [0.15, 0.2) is 11.6 Å². The van der Waals surface area contributed by atoms with Crippen molar-refractivity contribution in [3.8, 4) is 0 Å². The van der Waals surface area contributed by atoms with Crippen LogP contribution in [0.4, 0.5) is 0 Å². The van der Waals surface area contributed by atoms with Gasteiger partial charge in [0, 0.05) is 0 Å². The first-order chi connectivity index (χ1) is 15.7. The second kappa shape index (κ2) is 11.9. The van der Waals surface area contributed by atoms with Crippen LogP contribution in [0.1, 0.15) is 46.0 Å². The molecule has 8 nitrogen and oxygen atoms in total. The van der Waals surface area contributed by atoms with E-state index in [1.54, 1.807) is 62.5 Å². The zero-order chi connectivity index (χ0) is 24.5. The number of carbonyl (C=O) groups excluding carboxylic acids is 4. The van der Waals surface area contributed by atoms with Crippen LogP contribution in [-0.2, 0) is 19.2 Å². The Morgan fingerprint density at radius 1 is 0.727 bits per heavy atom. The number of hydrogen-bond acceptors (Lipinski definition) is 6. The van der Waals surface area contributed by atoms with Gasteiger partial charge in [-0.05, 0) is 52.6 Å². The van der Waals surface area contributed by atoms with Crippen molar-refractivity contribution in [2.75, 3.05) is 13.1 Å². The number of nitrogens with two attached hydrogens (primary N) is 2. The highest BCUT2D eigenvalue weighted by Gasteiger charge is 2.44. The highest BCUT2D eigenvalue weighted by atomic mass is 16.2. The Balaban J connectivity index is 1.69. The molecule has 0 radical (unpaired) electrons. The molecule has 0 fully saturated rings. The lowest BCUT2D eigenvalue weighted by Gasteiger charge is -2.29. The van der Waals surface area contributed by atoms with E-state index >= 15 is 0 Å². The molecule has 0 saturated carbocycles. The Kier molecular flexibility index (Phi) is 9.49. The quantitative estimate of drug-likeness (QED) is 0.229. The molecule has 4 unspecified atom stereocenters. The third-order valence-electron chi connectivity index (χ3n) is 6.44. The summed E-state index contributed by atoms with van der Waals surface area (Å²) >= 11 is 0. The largest absolute Gasteiger partial charge is 0.369 e. The van der Waals surface area contributed by atoms with Crippen LogP contribution in [0, 0.1) is 10.8 Å². The lowest BCUT2D eigenvalue weighted by Crippen LogP contribution is -2.51. The van der Waals surface area contributed by atoms with Crippen LogP contribution in [0.25, 0.3) is 0 Å². The number of unbranched alkanes of at least 4 members (excludes halogenated alkanes) is 2. The number of ketones is 2. The normalized spacial score (nSPS) is 25.5. The van der Waals surface area contributed by atoms with Gasteiger partial charge in [0.1, 0.15) is 10.8 Å². The predicted octanol–water partition coefficient (Wildman–Crippen LogP) is 1.23. The summed E-state index contributed by atoms with van der Waals surface area (Å²) in [4.78, 5) is 49.6. The molecule has 0 saturated heterocycles. The smallest absolute Gasteiger partial charge is 0.235 e. The van der Waals surface area contributed by atoms with Crippen molar-refractivity contribution in [1.29, 1.82) is 0 Å². The van der Waals surface area contributed by atoms with Gasteiger partial charge in [-0.25, -0.2) is 0 Å². The lowest BCUT2D eigenvalue weighted by molar-refractivity contribution is -0.139. The molecule has 0 spiro atoms. The molecule has 2 aliphatic rings. The van der Waals surface area contributed by atoms with E-state index in [-0.39, 0.29) is 24.4 Å². The first-order valence-corrected chi connectivity index (χ1v) is 11.5. The van der Waals surface area contributed by atoms with Crippen molar-refractivity contribution in [2.24, 2.45) is 22.3 Å². The van der Waals surface area contributed by atoms with Crippen LogP contribution in [-0.4, -0.2) is 48.6 Å². The van der Waals surface area contributed by atoms with Crippen molar-refractivity contribution in [2.45, 2.75) is 58.0 Å². The summed E-state index contributed by atoms with van der Waals surface area (Å²) in [6, 6.07) is -0.987. The molecule has 2 rings (SSSR count). The van der Waals surface area contributed by atoms with Crippen molar-refractivity contribution < 1.29 is 19.2 Å². The van der Waals surface area contributed by atoms with Gasteiger partial charge in [-0.3, -0.25) is 19.2 Å². The van der Waals surface area contributed by atoms with E-state index < -0.39 is 34.7 Å². The molecule has 6 N–H and O–H groups in total. The number of rotatable bonds is 14. The van der Waals surface area contributed by atoms with Crippen molar-refractivity contribution in [3.05, 3.63) is 48.6 Å². The SMILES string of the molecule is CC(NCCCCCNC(C)C(=O)C1(C(N)=O)C=CC=CC1)C(=O)C1(C(N)=O)C=CC=CC1. The van der Waals surface area contributed by atoms with Crippen molar-refractivity contribution >= 4 is 23.4 Å². The Morgan fingerprint density at radius 3 is 1.42 bits per heavy atom. The first-order valence-electron chi connectivity index (χ1n) is 11.5. The third-order valence-corrected chi connectivity index (χ3v) is 6.44. The molecular formula is C25H36N4O4. The molecule has 0 bridgehead atoms. The van der Waals surface area contributed by atoms with E-state index in [1.807, 2.05) is 0 Å². The number of carbonyl (C=O) groups is 4. The highest BCUT2D eigenvalue weighted by Crippen LogP contribution is 2.31. The van der Waals surface area contributed by atoms with E-state index in [1.165, 1.54) is 0 Å². The number of allylic oxidation sites excluding steroid dienone is 6. The molecule has 0 aliphatic heterocycles. The Hall–Kier alpha value is -2.84. The van der Waals surface area contributed by atoms with E-state index in [0.29, 0.717) is 13.1 Å². The zero-order valence-electron chi connectivity index (χ0n) is 19.5. The lowest BCUT2D eigenvalue weighted by atomic mass is 9.75. The third kappa shape index (κ3) is 6.15. The standard InChI is InChI=1S/C25H36N4O4/c1-18(20(30)24(22(26)32)12-6-3-7-13-24)28-16-10-5-11-17-29-19(2)21(31)25(23(27)33)14-8-4-9-15-25/h3-4,6-9,12,14,18-19,28-29H,5,10-11,13,15-17H2,1-2H3,(H2,26,32)(H2,27,33). The van der Waals surface area contributed by atoms with Gasteiger partial charge < -0.3 is 22.1 Å². The number of Topliss-reactive ketones (excluding diaryl/α,β-unsaturated/α-hetero) is 2. The molecular weight excluding hydrogens is 420 g/mol. The molecule has 180 valence electrons. The van der Waals surface area contributed by atoms with E-state index in [4.69, 9.17) is 11.5 Å². The predicted molar refractivity (Wildman–Crippen MR) is 128 cm³/mol. The summed E-state index contributed by atoms with van der Waals surface area (Å²) in [5.74, 6) is -1.71. The molecule has 2 aliphatic carbocycles. The van der Waals surface area contributed by atoms with E-state index in [9.17, 15) is 19.2 Å². The zero-order valence-corrected chi connectivity index (χ0v) is 19.5.